The van der Waals surface area contributed by atoms with Gasteiger partial charge in [-0.1, -0.05) is 53.5 Å². The highest BCUT2D eigenvalue weighted by atomic mass is 35.5. The molecule has 0 radical (unpaired) electrons. The van der Waals surface area contributed by atoms with Crippen molar-refractivity contribution in [3.8, 4) is 5.75 Å². The van der Waals surface area contributed by atoms with E-state index in [0.29, 0.717) is 11.1 Å². The Morgan fingerprint density at radius 1 is 1.00 bits per heavy atom. The van der Waals surface area contributed by atoms with Gasteiger partial charge in [-0.25, -0.2) is 0 Å². The minimum atomic E-state index is -4.66. The highest BCUT2D eigenvalue weighted by Crippen LogP contribution is 2.38. The first-order chi connectivity index (χ1) is 17.9. The van der Waals surface area contributed by atoms with Crippen LogP contribution in [0.1, 0.15) is 11.1 Å². The van der Waals surface area contributed by atoms with Gasteiger partial charge in [-0.15, -0.1) is 0 Å². The molecule has 2 aliphatic rings. The number of ketones is 1. The molecule has 5 atom stereocenters. The first kappa shape index (κ1) is 28.4. The minimum absolute atomic E-state index is 0.00454. The number of aliphatic hydroxyl groups excluding tert-OH is 4. The summed E-state index contributed by atoms with van der Waals surface area (Å²) in [4.78, 5) is 11.5. The molecule has 202 valence electrons. The molecule has 38 heavy (non-hydrogen) atoms. The van der Waals surface area contributed by atoms with Crippen LogP contribution in [0.15, 0.2) is 76.2 Å². The minimum Gasteiger partial charge on any atom is -0.460 e. The third-order valence-electron chi connectivity index (χ3n) is 5.97. The van der Waals surface area contributed by atoms with Gasteiger partial charge in [0.1, 0.15) is 35.1 Å². The lowest BCUT2D eigenvalue weighted by molar-refractivity contribution is -0.277. The second-order valence-electron chi connectivity index (χ2n) is 8.45. The molecule has 2 aromatic rings. The molecule has 1 saturated heterocycles. The zero-order valence-electron chi connectivity index (χ0n) is 19.3. The number of benzene rings is 2. The van der Waals surface area contributed by atoms with Crippen LogP contribution in [0.25, 0.3) is 5.57 Å². The largest absolute Gasteiger partial charge is 0.460 e. The SMILES string of the molecule is O=C1C=CC(=C(c2ccc(O[C@@H]3O[C@H](CO)[C@@H](O)[C@H](O)[C@H]3O)c(Cl)c2)c2ccccc2S(=O)(=O)O)C=C1Cl. The third kappa shape index (κ3) is 5.71. The van der Waals surface area contributed by atoms with E-state index in [1.165, 1.54) is 54.6 Å². The summed E-state index contributed by atoms with van der Waals surface area (Å²) >= 11 is 12.5. The molecule has 1 aliphatic heterocycles. The van der Waals surface area contributed by atoms with Gasteiger partial charge in [0.15, 0.2) is 5.78 Å². The molecule has 0 bridgehead atoms. The molecule has 0 spiro atoms. The molecule has 13 heteroatoms. The monoisotopic (exact) mass is 584 g/mol. The molecular formula is C25H22Cl2O10S. The predicted molar refractivity (Wildman–Crippen MR) is 136 cm³/mol. The van der Waals surface area contributed by atoms with E-state index in [1.807, 2.05) is 0 Å². The predicted octanol–water partition coefficient (Wildman–Crippen LogP) is 1.83. The van der Waals surface area contributed by atoms with Crippen LogP contribution in [0.2, 0.25) is 5.02 Å². The Labute approximate surface area is 227 Å². The van der Waals surface area contributed by atoms with Gasteiger partial charge in [0, 0.05) is 5.56 Å². The van der Waals surface area contributed by atoms with Crippen LogP contribution >= 0.6 is 23.2 Å². The van der Waals surface area contributed by atoms with Crippen LogP contribution in [-0.2, 0) is 19.6 Å². The number of allylic oxidation sites excluding steroid dienone is 5. The Morgan fingerprint density at radius 3 is 2.34 bits per heavy atom. The van der Waals surface area contributed by atoms with Crippen molar-refractivity contribution in [1.29, 1.82) is 0 Å². The fraction of sp³-hybridized carbons (Fsp3) is 0.240. The van der Waals surface area contributed by atoms with Gasteiger partial charge >= 0.3 is 0 Å². The zero-order chi connectivity index (χ0) is 27.8. The van der Waals surface area contributed by atoms with Crippen molar-refractivity contribution in [2.24, 2.45) is 0 Å². The van der Waals surface area contributed by atoms with E-state index < -0.39 is 58.1 Å². The van der Waals surface area contributed by atoms with E-state index in [4.69, 9.17) is 32.7 Å². The van der Waals surface area contributed by atoms with E-state index in [2.05, 4.69) is 0 Å². The van der Waals surface area contributed by atoms with Crippen LogP contribution < -0.4 is 4.74 Å². The average molecular weight is 585 g/mol. The summed E-state index contributed by atoms with van der Waals surface area (Å²) in [6.45, 7) is -0.645. The number of rotatable bonds is 6. The highest BCUT2D eigenvalue weighted by molar-refractivity contribution is 7.86. The number of carbonyl (C=O) groups is 1. The maximum absolute atomic E-state index is 12.1. The molecule has 1 fully saturated rings. The molecule has 4 rings (SSSR count). The molecular weight excluding hydrogens is 563 g/mol. The molecule has 5 N–H and O–H groups in total. The van der Waals surface area contributed by atoms with Gasteiger partial charge in [-0.3, -0.25) is 9.35 Å². The quantitative estimate of drug-likeness (QED) is 0.315. The van der Waals surface area contributed by atoms with E-state index in [0.717, 1.165) is 0 Å². The van der Waals surface area contributed by atoms with Crippen LogP contribution in [-0.4, -0.2) is 76.5 Å². The van der Waals surface area contributed by atoms with Crippen LogP contribution in [0, 0.1) is 0 Å². The normalized spacial score (nSPS) is 27.2. The van der Waals surface area contributed by atoms with Crippen LogP contribution in [0.4, 0.5) is 0 Å². The molecule has 0 amide bonds. The van der Waals surface area contributed by atoms with Crippen molar-refractivity contribution in [2.75, 3.05) is 6.61 Å². The lowest BCUT2D eigenvalue weighted by atomic mass is 9.90. The zero-order valence-corrected chi connectivity index (χ0v) is 21.6. The van der Waals surface area contributed by atoms with Crippen molar-refractivity contribution in [3.05, 3.63) is 87.4 Å². The molecule has 0 saturated carbocycles. The summed E-state index contributed by atoms with van der Waals surface area (Å²) in [6, 6.07) is 9.97. The summed E-state index contributed by atoms with van der Waals surface area (Å²) in [6.07, 6.45) is -3.56. The number of ether oxygens (including phenoxy) is 2. The summed E-state index contributed by atoms with van der Waals surface area (Å²) in [5.41, 5.74) is 1.07. The van der Waals surface area contributed by atoms with Crippen molar-refractivity contribution in [3.63, 3.8) is 0 Å². The Morgan fingerprint density at radius 2 is 1.71 bits per heavy atom. The number of carbonyl (C=O) groups excluding carboxylic acids is 1. The third-order valence-corrected chi connectivity index (χ3v) is 7.47. The number of halogens is 2. The number of hydrogen-bond donors (Lipinski definition) is 5. The maximum Gasteiger partial charge on any atom is 0.295 e. The van der Waals surface area contributed by atoms with E-state index in [1.54, 1.807) is 6.07 Å². The maximum atomic E-state index is 12.1. The van der Waals surface area contributed by atoms with Gasteiger partial charge in [0.25, 0.3) is 10.1 Å². The summed E-state index contributed by atoms with van der Waals surface area (Å²) in [5.74, 6) is -0.450. The van der Waals surface area contributed by atoms with Gasteiger partial charge in [-0.2, -0.15) is 8.42 Å². The van der Waals surface area contributed by atoms with Crippen LogP contribution in [0.5, 0.6) is 5.75 Å². The summed E-state index contributed by atoms with van der Waals surface area (Å²) in [7, 11) is -4.66. The molecule has 1 heterocycles. The Hall–Kier alpha value is -2.58. The second kappa shape index (κ2) is 11.3. The van der Waals surface area contributed by atoms with Crippen LogP contribution in [0.3, 0.4) is 0 Å². The summed E-state index contributed by atoms with van der Waals surface area (Å²) in [5, 5.41) is 39.5. The van der Waals surface area contributed by atoms with E-state index in [9.17, 15) is 38.2 Å². The fourth-order valence-corrected chi connectivity index (χ4v) is 5.18. The lowest BCUT2D eigenvalue weighted by Crippen LogP contribution is -2.60. The number of aliphatic hydroxyl groups is 4. The first-order valence-electron chi connectivity index (χ1n) is 11.1. The van der Waals surface area contributed by atoms with Gasteiger partial charge in [0.2, 0.25) is 6.29 Å². The molecule has 10 nitrogen and oxygen atoms in total. The number of hydrogen-bond acceptors (Lipinski definition) is 9. The summed E-state index contributed by atoms with van der Waals surface area (Å²) < 4.78 is 45.1. The van der Waals surface area contributed by atoms with Crippen molar-refractivity contribution in [2.45, 2.75) is 35.6 Å². The lowest BCUT2D eigenvalue weighted by Gasteiger charge is -2.39. The standard InChI is InChI=1S/C25H22Cl2O10S/c26-15-9-12(5-7-17(15)29)21(14-3-1-2-4-20(14)38(33,34)35)13-6-8-18(16(27)10-13)36-25-24(32)23(31)22(30)19(11-28)37-25/h1-10,19,22-25,28,30-32H,11H2,(H,33,34,35)/t19-,22-,23+,24-,25-/m1/s1. The topological polar surface area (TPSA) is 171 Å². The Bertz CT molecular complexity index is 1450. The fourth-order valence-electron chi connectivity index (χ4n) is 4.07. The van der Waals surface area contributed by atoms with Gasteiger partial charge in [0.05, 0.1) is 16.7 Å². The first-order valence-corrected chi connectivity index (χ1v) is 13.3. The Kier molecular flexibility index (Phi) is 8.43. The second-order valence-corrected chi connectivity index (χ2v) is 10.7. The average Bonchev–Trinajstić information content (AvgIpc) is 2.87. The molecule has 0 unspecified atom stereocenters. The van der Waals surface area contributed by atoms with E-state index >= 15 is 0 Å². The highest BCUT2D eigenvalue weighted by Gasteiger charge is 2.44. The molecule has 0 aromatic heterocycles. The van der Waals surface area contributed by atoms with Crippen molar-refractivity contribution < 1.29 is 47.7 Å². The van der Waals surface area contributed by atoms with Crippen molar-refractivity contribution in [1.82, 2.24) is 0 Å². The Balaban J connectivity index is 1.79. The van der Waals surface area contributed by atoms with Gasteiger partial charge in [-0.05, 0) is 47.1 Å². The smallest absolute Gasteiger partial charge is 0.295 e. The molecule has 1 aliphatic carbocycles. The van der Waals surface area contributed by atoms with E-state index in [-0.39, 0.29) is 26.9 Å². The molecule has 2 aromatic carbocycles. The van der Waals surface area contributed by atoms with Crippen molar-refractivity contribution >= 4 is 44.7 Å². The van der Waals surface area contributed by atoms with Gasteiger partial charge < -0.3 is 29.9 Å².